The van der Waals surface area contributed by atoms with Gasteiger partial charge in [-0.05, 0) is 30.7 Å². The highest BCUT2D eigenvalue weighted by atomic mass is 19.1. The summed E-state index contributed by atoms with van der Waals surface area (Å²) in [6, 6.07) is 17.9. The zero-order chi connectivity index (χ0) is 13.9. The molecule has 0 bridgehead atoms. The minimum Gasteiger partial charge on any atom is -0.366 e. The van der Waals surface area contributed by atoms with Crippen LogP contribution in [0.2, 0.25) is 0 Å². The lowest BCUT2D eigenvalue weighted by molar-refractivity contribution is 0.414. The average molecular weight is 270 g/mol. The summed E-state index contributed by atoms with van der Waals surface area (Å²) in [4.78, 5) is 2.28. The highest BCUT2D eigenvalue weighted by Gasteiger charge is 2.26. The quantitative estimate of drug-likeness (QED) is 0.900. The molecule has 0 aliphatic carbocycles. The fourth-order valence-electron chi connectivity index (χ4n) is 2.79. The van der Waals surface area contributed by atoms with Crippen LogP contribution < -0.4 is 10.2 Å². The SMILES string of the molecule is CC1CNC(c2ccccc2)CN1c1cccc(F)c1. The summed E-state index contributed by atoms with van der Waals surface area (Å²) in [5.41, 5.74) is 2.24. The highest BCUT2D eigenvalue weighted by Crippen LogP contribution is 2.25. The lowest BCUT2D eigenvalue weighted by Gasteiger charge is -2.40. The maximum Gasteiger partial charge on any atom is 0.125 e. The van der Waals surface area contributed by atoms with Gasteiger partial charge < -0.3 is 10.2 Å². The Morgan fingerprint density at radius 2 is 1.90 bits per heavy atom. The average Bonchev–Trinajstić information content (AvgIpc) is 2.48. The number of hydrogen-bond acceptors (Lipinski definition) is 2. The van der Waals surface area contributed by atoms with E-state index in [1.165, 1.54) is 11.6 Å². The van der Waals surface area contributed by atoms with E-state index < -0.39 is 0 Å². The largest absolute Gasteiger partial charge is 0.366 e. The third-order valence-electron chi connectivity index (χ3n) is 3.91. The molecule has 1 aliphatic heterocycles. The Kier molecular flexibility index (Phi) is 3.70. The number of benzene rings is 2. The molecule has 0 spiro atoms. The Morgan fingerprint density at radius 1 is 1.10 bits per heavy atom. The number of piperazine rings is 1. The molecule has 1 fully saturated rings. The van der Waals surface area contributed by atoms with E-state index in [1.807, 2.05) is 12.1 Å². The van der Waals surface area contributed by atoms with Crippen LogP contribution in [0.15, 0.2) is 54.6 Å². The molecule has 2 nitrogen and oxygen atoms in total. The second-order valence-corrected chi connectivity index (χ2v) is 5.35. The molecule has 0 saturated carbocycles. The zero-order valence-electron chi connectivity index (χ0n) is 11.6. The molecule has 104 valence electrons. The first-order valence-corrected chi connectivity index (χ1v) is 7.04. The smallest absolute Gasteiger partial charge is 0.125 e. The third kappa shape index (κ3) is 2.68. The van der Waals surface area contributed by atoms with Crippen molar-refractivity contribution in [2.45, 2.75) is 19.0 Å². The summed E-state index contributed by atoms with van der Waals surface area (Å²) in [5.74, 6) is -0.176. The standard InChI is InChI=1S/C17H19FN2/c1-13-11-19-17(14-6-3-2-4-7-14)12-20(13)16-9-5-8-15(18)10-16/h2-10,13,17,19H,11-12H2,1H3. The minimum atomic E-state index is -0.176. The van der Waals surface area contributed by atoms with Crippen LogP contribution in [0.3, 0.4) is 0 Å². The van der Waals surface area contributed by atoms with Crippen LogP contribution in [0.1, 0.15) is 18.5 Å². The lowest BCUT2D eigenvalue weighted by Crippen LogP contribution is -2.51. The second-order valence-electron chi connectivity index (χ2n) is 5.35. The normalized spacial score (nSPS) is 22.8. The fraction of sp³-hybridized carbons (Fsp3) is 0.294. The van der Waals surface area contributed by atoms with E-state index in [0.717, 1.165) is 18.8 Å². The fourth-order valence-corrected chi connectivity index (χ4v) is 2.79. The van der Waals surface area contributed by atoms with Crippen LogP contribution in [0.5, 0.6) is 0 Å². The van der Waals surface area contributed by atoms with E-state index >= 15 is 0 Å². The van der Waals surface area contributed by atoms with Crippen molar-refractivity contribution in [3.05, 3.63) is 66.0 Å². The first-order valence-electron chi connectivity index (χ1n) is 7.04. The van der Waals surface area contributed by atoms with Gasteiger partial charge in [0.05, 0.1) is 0 Å². The number of nitrogens with one attached hydrogen (secondary N) is 1. The molecule has 2 atom stereocenters. The molecule has 1 heterocycles. The molecular formula is C17H19FN2. The summed E-state index contributed by atoms with van der Waals surface area (Å²) in [7, 11) is 0. The van der Waals surface area contributed by atoms with Crippen LogP contribution in [-0.4, -0.2) is 19.1 Å². The van der Waals surface area contributed by atoms with E-state index in [4.69, 9.17) is 0 Å². The van der Waals surface area contributed by atoms with Crippen molar-refractivity contribution < 1.29 is 4.39 Å². The highest BCUT2D eigenvalue weighted by molar-refractivity contribution is 5.48. The van der Waals surface area contributed by atoms with Gasteiger partial charge in [-0.15, -0.1) is 0 Å². The summed E-state index contributed by atoms with van der Waals surface area (Å²) in [6.07, 6.45) is 0. The van der Waals surface area contributed by atoms with Crippen molar-refractivity contribution in [1.82, 2.24) is 5.32 Å². The van der Waals surface area contributed by atoms with E-state index in [9.17, 15) is 4.39 Å². The monoisotopic (exact) mass is 270 g/mol. The number of halogens is 1. The van der Waals surface area contributed by atoms with Crippen LogP contribution in [0, 0.1) is 5.82 Å². The van der Waals surface area contributed by atoms with Gasteiger partial charge >= 0.3 is 0 Å². The van der Waals surface area contributed by atoms with Crippen LogP contribution in [-0.2, 0) is 0 Å². The van der Waals surface area contributed by atoms with Crippen molar-refractivity contribution in [2.75, 3.05) is 18.0 Å². The molecular weight excluding hydrogens is 251 g/mol. The molecule has 20 heavy (non-hydrogen) atoms. The molecule has 2 unspecified atom stereocenters. The summed E-state index contributed by atoms with van der Waals surface area (Å²) >= 11 is 0. The van der Waals surface area contributed by atoms with Gasteiger partial charge in [-0.2, -0.15) is 0 Å². The molecule has 2 aromatic carbocycles. The van der Waals surface area contributed by atoms with E-state index in [1.54, 1.807) is 12.1 Å². The Hall–Kier alpha value is -1.87. The maximum absolute atomic E-state index is 13.4. The number of rotatable bonds is 2. The topological polar surface area (TPSA) is 15.3 Å². The molecule has 3 heteroatoms. The van der Waals surface area contributed by atoms with Gasteiger partial charge in [0.2, 0.25) is 0 Å². The molecule has 1 aliphatic rings. The van der Waals surface area contributed by atoms with Gasteiger partial charge in [-0.3, -0.25) is 0 Å². The van der Waals surface area contributed by atoms with Gasteiger partial charge in [-0.1, -0.05) is 36.4 Å². The zero-order valence-corrected chi connectivity index (χ0v) is 11.6. The minimum absolute atomic E-state index is 0.176. The summed E-state index contributed by atoms with van der Waals surface area (Å²) in [5, 5.41) is 3.56. The van der Waals surface area contributed by atoms with Gasteiger partial charge in [0.25, 0.3) is 0 Å². The Morgan fingerprint density at radius 3 is 2.65 bits per heavy atom. The summed E-state index contributed by atoms with van der Waals surface area (Å²) in [6.45, 7) is 3.92. The van der Waals surface area contributed by atoms with E-state index in [0.29, 0.717) is 6.04 Å². The molecule has 0 amide bonds. The van der Waals surface area contributed by atoms with Crippen LogP contribution >= 0.6 is 0 Å². The van der Waals surface area contributed by atoms with Crippen LogP contribution in [0.4, 0.5) is 10.1 Å². The van der Waals surface area contributed by atoms with Crippen LogP contribution in [0.25, 0.3) is 0 Å². The predicted octanol–water partition coefficient (Wildman–Crippen LogP) is 3.37. The van der Waals surface area contributed by atoms with Gasteiger partial charge in [-0.25, -0.2) is 4.39 Å². The molecule has 1 N–H and O–H groups in total. The Labute approximate surface area is 119 Å². The van der Waals surface area contributed by atoms with Gasteiger partial charge in [0, 0.05) is 30.9 Å². The van der Waals surface area contributed by atoms with Gasteiger partial charge in [0.15, 0.2) is 0 Å². The van der Waals surface area contributed by atoms with Gasteiger partial charge in [0.1, 0.15) is 5.82 Å². The second kappa shape index (κ2) is 5.63. The number of nitrogens with zero attached hydrogens (tertiary/aromatic N) is 1. The maximum atomic E-state index is 13.4. The van der Waals surface area contributed by atoms with Crippen molar-refractivity contribution in [2.24, 2.45) is 0 Å². The van der Waals surface area contributed by atoms with E-state index in [2.05, 4.69) is 41.4 Å². The molecule has 0 radical (unpaired) electrons. The van der Waals surface area contributed by atoms with Crippen molar-refractivity contribution in [1.29, 1.82) is 0 Å². The lowest BCUT2D eigenvalue weighted by atomic mass is 10.0. The third-order valence-corrected chi connectivity index (χ3v) is 3.91. The van der Waals surface area contributed by atoms with Crippen molar-refractivity contribution in [3.8, 4) is 0 Å². The van der Waals surface area contributed by atoms with Crippen molar-refractivity contribution >= 4 is 5.69 Å². The number of hydrogen-bond donors (Lipinski definition) is 1. The Bertz CT molecular complexity index is 570. The van der Waals surface area contributed by atoms with Crippen molar-refractivity contribution in [3.63, 3.8) is 0 Å². The predicted molar refractivity (Wildman–Crippen MR) is 80.4 cm³/mol. The van der Waals surface area contributed by atoms with E-state index in [-0.39, 0.29) is 11.9 Å². The summed E-state index contributed by atoms with van der Waals surface area (Å²) < 4.78 is 13.4. The first-order chi connectivity index (χ1) is 9.74. The Balaban J connectivity index is 1.84. The molecule has 3 rings (SSSR count). The molecule has 2 aromatic rings. The first kappa shape index (κ1) is 13.1. The molecule has 1 saturated heterocycles. The number of anilines is 1. The molecule has 0 aromatic heterocycles.